The summed E-state index contributed by atoms with van der Waals surface area (Å²) in [4.78, 5) is 24.9. The van der Waals surface area contributed by atoms with Gasteiger partial charge in [-0.2, -0.15) is 0 Å². The molecule has 0 heterocycles. The maximum absolute atomic E-state index is 12.9. The van der Waals surface area contributed by atoms with Gasteiger partial charge in [0.25, 0.3) is 0 Å². The van der Waals surface area contributed by atoms with E-state index in [1.54, 1.807) is 25.1 Å². The normalized spacial score (nSPS) is 11.0. The van der Waals surface area contributed by atoms with Gasteiger partial charge < -0.3 is 14.2 Å². The molecule has 0 aromatic heterocycles. The van der Waals surface area contributed by atoms with E-state index in [9.17, 15) is 9.59 Å². The van der Waals surface area contributed by atoms with Crippen LogP contribution in [0.5, 0.6) is 11.5 Å². The Kier molecular flexibility index (Phi) is 9.10. The zero-order valence-electron chi connectivity index (χ0n) is 19.5. The number of hydrogen-bond donors (Lipinski definition) is 0. The van der Waals surface area contributed by atoms with Crippen molar-refractivity contribution in [3.05, 3.63) is 58.7 Å². The Hall–Kier alpha value is -2.82. The van der Waals surface area contributed by atoms with E-state index >= 15 is 0 Å². The lowest BCUT2D eigenvalue weighted by molar-refractivity contribution is 0.0717. The first kappa shape index (κ1) is 24.4. The molecule has 0 aliphatic carbocycles. The summed E-state index contributed by atoms with van der Waals surface area (Å²) >= 11 is 0. The maximum atomic E-state index is 12.9. The molecule has 0 radical (unpaired) electrons. The average molecular weight is 427 g/mol. The Morgan fingerprint density at radius 2 is 1.58 bits per heavy atom. The minimum Gasteiger partial charge on any atom is -0.434 e. The molecule has 0 N–H and O–H groups in total. The van der Waals surface area contributed by atoms with Crippen molar-refractivity contribution in [3.8, 4) is 11.5 Å². The van der Waals surface area contributed by atoms with Gasteiger partial charge >= 0.3 is 12.1 Å². The summed E-state index contributed by atoms with van der Waals surface area (Å²) in [6, 6.07) is 11.2. The molecule has 0 spiro atoms. The summed E-state index contributed by atoms with van der Waals surface area (Å²) in [6.07, 6.45) is 2.40. The quantitative estimate of drug-likeness (QED) is 0.245. The molecule has 0 aliphatic heterocycles. The molecular weight excluding hydrogens is 392 g/mol. The van der Waals surface area contributed by atoms with E-state index < -0.39 is 12.1 Å². The molecule has 0 aliphatic rings. The predicted molar refractivity (Wildman–Crippen MR) is 122 cm³/mol. The first-order valence-electron chi connectivity index (χ1n) is 11.1. The predicted octanol–water partition coefficient (Wildman–Crippen LogP) is 7.03. The molecule has 0 amide bonds. The number of carbonyl (C=O) groups is 2. The van der Waals surface area contributed by atoms with Crippen molar-refractivity contribution in [2.75, 3.05) is 6.61 Å². The third-order valence-electron chi connectivity index (χ3n) is 5.05. The summed E-state index contributed by atoms with van der Waals surface area (Å²) in [5.41, 5.74) is 3.42. The number of carbonyl (C=O) groups excluding carboxylic acids is 2. The number of rotatable bonds is 9. The van der Waals surface area contributed by atoms with Crippen LogP contribution in [0.25, 0.3) is 0 Å². The van der Waals surface area contributed by atoms with Gasteiger partial charge in [-0.1, -0.05) is 59.2 Å². The first-order valence-corrected chi connectivity index (χ1v) is 11.1. The molecular formula is C26H34O5. The highest BCUT2D eigenvalue weighted by atomic mass is 16.7. The maximum Gasteiger partial charge on any atom is 0.513 e. The topological polar surface area (TPSA) is 61.8 Å². The van der Waals surface area contributed by atoms with Crippen LogP contribution in [-0.4, -0.2) is 18.7 Å². The number of aryl methyl sites for hydroxylation is 1. The van der Waals surface area contributed by atoms with Crippen LogP contribution in [-0.2, 0) is 11.2 Å². The Morgan fingerprint density at radius 3 is 2.13 bits per heavy atom. The van der Waals surface area contributed by atoms with Crippen molar-refractivity contribution in [2.45, 2.75) is 72.6 Å². The molecule has 0 fully saturated rings. The van der Waals surface area contributed by atoms with Gasteiger partial charge in [0.1, 0.15) is 0 Å². The molecule has 0 bridgehead atoms. The number of ether oxygens (including phenoxy) is 3. The highest BCUT2D eigenvalue weighted by Gasteiger charge is 2.23. The van der Waals surface area contributed by atoms with E-state index in [2.05, 4.69) is 20.8 Å². The van der Waals surface area contributed by atoms with Crippen molar-refractivity contribution in [1.29, 1.82) is 0 Å². The van der Waals surface area contributed by atoms with E-state index in [-0.39, 0.29) is 29.9 Å². The van der Waals surface area contributed by atoms with Crippen LogP contribution in [0.4, 0.5) is 4.79 Å². The van der Waals surface area contributed by atoms with Crippen LogP contribution in [0, 0.1) is 0 Å². The van der Waals surface area contributed by atoms with Gasteiger partial charge in [0.15, 0.2) is 11.5 Å². The summed E-state index contributed by atoms with van der Waals surface area (Å²) < 4.78 is 16.2. The number of esters is 1. The number of hydrogen-bond acceptors (Lipinski definition) is 5. The molecule has 2 aromatic carbocycles. The Morgan fingerprint density at radius 1 is 0.903 bits per heavy atom. The number of unbranched alkanes of at least 4 members (excludes halogenated alkanes) is 1. The van der Waals surface area contributed by atoms with Crippen LogP contribution in [0.1, 0.15) is 93.3 Å². The fourth-order valence-corrected chi connectivity index (χ4v) is 3.17. The smallest absolute Gasteiger partial charge is 0.434 e. The first-order chi connectivity index (χ1) is 14.8. The van der Waals surface area contributed by atoms with E-state index in [4.69, 9.17) is 14.2 Å². The van der Waals surface area contributed by atoms with Crippen molar-refractivity contribution in [1.82, 2.24) is 0 Å². The second-order valence-electron chi connectivity index (χ2n) is 8.22. The Labute approximate surface area is 185 Å². The van der Waals surface area contributed by atoms with Gasteiger partial charge in [0.2, 0.25) is 0 Å². The minimum atomic E-state index is -0.820. The number of benzene rings is 2. The lowest BCUT2D eigenvalue weighted by Gasteiger charge is -2.19. The molecule has 5 nitrogen and oxygen atoms in total. The SMILES string of the molecule is CCCCc1ccc(C(=O)Oc2cc(C(C)C)cc(C(C)C)c2OC(=O)OCC)cc1. The molecule has 168 valence electrons. The fourth-order valence-electron chi connectivity index (χ4n) is 3.17. The van der Waals surface area contributed by atoms with Gasteiger partial charge in [-0.15, -0.1) is 0 Å². The van der Waals surface area contributed by atoms with Crippen LogP contribution in [0.15, 0.2) is 36.4 Å². The Bertz CT molecular complexity index is 881. The van der Waals surface area contributed by atoms with Crippen LogP contribution >= 0.6 is 0 Å². The fraction of sp³-hybridized carbons (Fsp3) is 0.462. The summed E-state index contributed by atoms with van der Waals surface area (Å²) in [7, 11) is 0. The van der Waals surface area contributed by atoms with Gasteiger partial charge in [0.05, 0.1) is 12.2 Å². The molecule has 0 atom stereocenters. The molecule has 2 rings (SSSR count). The molecule has 0 saturated carbocycles. The largest absolute Gasteiger partial charge is 0.513 e. The molecule has 0 unspecified atom stereocenters. The Balaban J connectivity index is 2.39. The molecule has 0 saturated heterocycles. The highest BCUT2D eigenvalue weighted by Crippen LogP contribution is 2.39. The lowest BCUT2D eigenvalue weighted by atomic mass is 9.94. The van der Waals surface area contributed by atoms with Gasteiger partial charge in [-0.3, -0.25) is 0 Å². The van der Waals surface area contributed by atoms with Crippen LogP contribution < -0.4 is 9.47 Å². The van der Waals surface area contributed by atoms with Crippen molar-refractivity contribution >= 4 is 12.1 Å². The third kappa shape index (κ3) is 6.84. The third-order valence-corrected chi connectivity index (χ3v) is 5.05. The average Bonchev–Trinajstić information content (AvgIpc) is 2.73. The zero-order valence-corrected chi connectivity index (χ0v) is 19.5. The lowest BCUT2D eigenvalue weighted by Crippen LogP contribution is -2.15. The minimum absolute atomic E-state index is 0.0541. The van der Waals surface area contributed by atoms with Crippen molar-refractivity contribution < 1.29 is 23.8 Å². The zero-order chi connectivity index (χ0) is 23.0. The molecule has 31 heavy (non-hydrogen) atoms. The second-order valence-corrected chi connectivity index (χ2v) is 8.22. The van der Waals surface area contributed by atoms with Gasteiger partial charge in [0, 0.05) is 5.56 Å². The van der Waals surface area contributed by atoms with Crippen molar-refractivity contribution in [3.63, 3.8) is 0 Å². The van der Waals surface area contributed by atoms with E-state index in [0.29, 0.717) is 5.56 Å². The van der Waals surface area contributed by atoms with E-state index in [0.717, 1.165) is 30.4 Å². The molecule has 5 heteroatoms. The van der Waals surface area contributed by atoms with E-state index in [1.165, 1.54) is 5.56 Å². The molecule has 2 aromatic rings. The van der Waals surface area contributed by atoms with Crippen LogP contribution in [0.2, 0.25) is 0 Å². The highest BCUT2D eigenvalue weighted by molar-refractivity contribution is 5.91. The summed E-state index contributed by atoms with van der Waals surface area (Å²) in [5, 5.41) is 0. The van der Waals surface area contributed by atoms with Gasteiger partial charge in [-0.05, 0) is 60.9 Å². The van der Waals surface area contributed by atoms with Gasteiger partial charge in [-0.25, -0.2) is 9.59 Å². The standard InChI is InChI=1S/C26H34O5/c1-7-9-10-19-11-13-20(14-12-19)25(27)30-23-16-21(17(3)4)15-22(18(5)6)24(23)31-26(28)29-8-2/h11-18H,7-10H2,1-6H3. The van der Waals surface area contributed by atoms with Crippen LogP contribution in [0.3, 0.4) is 0 Å². The summed E-state index contributed by atoms with van der Waals surface area (Å²) in [5.74, 6) is 0.225. The van der Waals surface area contributed by atoms with Crippen molar-refractivity contribution in [2.24, 2.45) is 0 Å². The second kappa shape index (κ2) is 11.5. The summed E-state index contributed by atoms with van der Waals surface area (Å²) in [6.45, 7) is 12.2. The van der Waals surface area contributed by atoms with E-state index in [1.807, 2.05) is 32.0 Å². The monoisotopic (exact) mass is 426 g/mol.